The number of hydrogen-bond donors (Lipinski definition) is 1. The predicted molar refractivity (Wildman–Crippen MR) is 97.2 cm³/mol. The lowest BCUT2D eigenvalue weighted by Crippen LogP contribution is -2.13. The van der Waals surface area contributed by atoms with Gasteiger partial charge in [0.25, 0.3) is 15.7 Å². The zero-order valence-electron chi connectivity index (χ0n) is 13.5. The van der Waals surface area contributed by atoms with Crippen LogP contribution in [0.25, 0.3) is 5.69 Å². The van der Waals surface area contributed by atoms with Gasteiger partial charge in [-0.25, -0.2) is 13.1 Å². The van der Waals surface area contributed by atoms with E-state index in [2.05, 4.69) is 9.82 Å². The number of nitro groups is 1. The second-order valence-electron chi connectivity index (χ2n) is 5.44. The summed E-state index contributed by atoms with van der Waals surface area (Å²) in [7, 11) is -4.01. The van der Waals surface area contributed by atoms with Gasteiger partial charge in [-0.05, 0) is 25.1 Å². The molecule has 0 saturated carbocycles. The number of para-hydroxylation sites is 1. The fourth-order valence-corrected chi connectivity index (χ4v) is 3.58. The van der Waals surface area contributed by atoms with E-state index in [0.717, 1.165) is 6.07 Å². The average molecular weight is 393 g/mol. The Morgan fingerprint density at radius 3 is 2.65 bits per heavy atom. The molecule has 0 spiro atoms. The Kier molecular flexibility index (Phi) is 4.66. The summed E-state index contributed by atoms with van der Waals surface area (Å²) in [6.45, 7) is 1.54. The molecule has 3 aromatic rings. The Morgan fingerprint density at radius 1 is 1.23 bits per heavy atom. The third-order valence-corrected chi connectivity index (χ3v) is 5.32. The zero-order chi connectivity index (χ0) is 18.9. The Balaban J connectivity index is 1.91. The maximum absolute atomic E-state index is 12.5. The van der Waals surface area contributed by atoms with Crippen LogP contribution in [0.1, 0.15) is 5.56 Å². The Morgan fingerprint density at radius 2 is 1.96 bits per heavy atom. The fourth-order valence-electron chi connectivity index (χ4n) is 2.31. The quantitative estimate of drug-likeness (QED) is 0.527. The molecule has 0 amide bonds. The topological polar surface area (TPSA) is 107 Å². The number of nitrogens with one attached hydrogen (secondary N) is 1. The van der Waals surface area contributed by atoms with Crippen molar-refractivity contribution in [3.63, 3.8) is 0 Å². The third kappa shape index (κ3) is 3.53. The van der Waals surface area contributed by atoms with E-state index in [9.17, 15) is 18.5 Å². The van der Waals surface area contributed by atoms with Crippen LogP contribution in [0.5, 0.6) is 0 Å². The summed E-state index contributed by atoms with van der Waals surface area (Å²) >= 11 is 6.10. The molecule has 1 heterocycles. The van der Waals surface area contributed by atoms with Crippen LogP contribution >= 0.6 is 11.6 Å². The first-order valence-electron chi connectivity index (χ1n) is 7.35. The van der Waals surface area contributed by atoms with Crippen molar-refractivity contribution in [3.05, 3.63) is 75.6 Å². The SMILES string of the molecule is Cc1ccc(S(=O)(=O)Nc2cnn(-c3ccccc3Cl)c2)cc1[N+](=O)[O-]. The molecule has 0 aliphatic heterocycles. The van der Waals surface area contributed by atoms with Gasteiger partial charge in [0, 0.05) is 11.6 Å². The van der Waals surface area contributed by atoms with E-state index in [1.165, 1.54) is 36.1 Å². The molecule has 134 valence electrons. The van der Waals surface area contributed by atoms with E-state index in [0.29, 0.717) is 16.3 Å². The van der Waals surface area contributed by atoms with Crippen LogP contribution in [-0.2, 0) is 10.0 Å². The van der Waals surface area contributed by atoms with E-state index in [1.54, 1.807) is 24.3 Å². The van der Waals surface area contributed by atoms with E-state index in [4.69, 9.17) is 11.6 Å². The summed E-state index contributed by atoms with van der Waals surface area (Å²) in [5.41, 5.74) is 0.902. The lowest BCUT2D eigenvalue weighted by atomic mass is 10.2. The van der Waals surface area contributed by atoms with Crippen molar-refractivity contribution in [2.75, 3.05) is 4.72 Å². The number of benzene rings is 2. The fraction of sp³-hybridized carbons (Fsp3) is 0.0625. The van der Waals surface area contributed by atoms with Crippen LogP contribution in [-0.4, -0.2) is 23.1 Å². The molecule has 0 aliphatic rings. The van der Waals surface area contributed by atoms with Crippen molar-refractivity contribution in [2.24, 2.45) is 0 Å². The minimum atomic E-state index is -4.01. The number of sulfonamides is 1. The minimum absolute atomic E-state index is 0.202. The zero-order valence-corrected chi connectivity index (χ0v) is 15.0. The largest absolute Gasteiger partial charge is 0.276 e. The van der Waals surface area contributed by atoms with Gasteiger partial charge in [0.05, 0.1) is 38.6 Å². The Hall–Kier alpha value is -2.91. The molecule has 0 bridgehead atoms. The number of aryl methyl sites for hydroxylation is 1. The molecule has 3 rings (SSSR count). The summed E-state index contributed by atoms with van der Waals surface area (Å²) in [6.07, 6.45) is 2.78. The van der Waals surface area contributed by atoms with Crippen LogP contribution in [0.4, 0.5) is 11.4 Å². The molecule has 8 nitrogen and oxygen atoms in total. The Labute approximate surface area is 154 Å². The van der Waals surface area contributed by atoms with E-state index in [-0.39, 0.29) is 16.3 Å². The van der Waals surface area contributed by atoms with E-state index >= 15 is 0 Å². The summed E-state index contributed by atoms with van der Waals surface area (Å²) < 4.78 is 28.8. The highest BCUT2D eigenvalue weighted by molar-refractivity contribution is 7.92. The third-order valence-electron chi connectivity index (χ3n) is 3.62. The predicted octanol–water partition coefficient (Wildman–Crippen LogP) is 3.54. The molecule has 0 atom stereocenters. The van der Waals surface area contributed by atoms with Gasteiger partial charge < -0.3 is 0 Å². The standard InChI is InChI=1S/C16H13ClN4O4S/c1-11-6-7-13(8-16(11)21(22)23)26(24,25)19-12-9-18-20(10-12)15-5-3-2-4-14(15)17/h2-10,19H,1H3. The second kappa shape index (κ2) is 6.77. The molecule has 0 aliphatic carbocycles. The maximum Gasteiger partial charge on any atom is 0.273 e. The van der Waals surface area contributed by atoms with Crippen LogP contribution in [0.15, 0.2) is 59.8 Å². The lowest BCUT2D eigenvalue weighted by molar-refractivity contribution is -0.385. The number of rotatable bonds is 5. The van der Waals surface area contributed by atoms with Crippen LogP contribution < -0.4 is 4.72 Å². The number of anilines is 1. The van der Waals surface area contributed by atoms with Gasteiger partial charge in [-0.1, -0.05) is 29.8 Å². The van der Waals surface area contributed by atoms with Gasteiger partial charge in [0.1, 0.15) is 0 Å². The highest BCUT2D eigenvalue weighted by atomic mass is 35.5. The van der Waals surface area contributed by atoms with Crippen LogP contribution in [0, 0.1) is 17.0 Å². The molecular weight excluding hydrogens is 380 g/mol. The van der Waals surface area contributed by atoms with E-state index in [1.807, 2.05) is 0 Å². The van der Waals surface area contributed by atoms with Crippen molar-refractivity contribution in [2.45, 2.75) is 11.8 Å². The lowest BCUT2D eigenvalue weighted by Gasteiger charge is -2.07. The number of nitro benzene ring substituents is 1. The van der Waals surface area contributed by atoms with Gasteiger partial charge in [0.2, 0.25) is 0 Å². The van der Waals surface area contributed by atoms with Gasteiger partial charge in [0.15, 0.2) is 0 Å². The molecule has 0 fully saturated rings. The van der Waals surface area contributed by atoms with Crippen LogP contribution in [0.3, 0.4) is 0 Å². The van der Waals surface area contributed by atoms with Gasteiger partial charge in [-0.3, -0.25) is 14.8 Å². The summed E-state index contributed by atoms with van der Waals surface area (Å²) in [4.78, 5) is 10.2. The van der Waals surface area contributed by atoms with Gasteiger partial charge in [-0.15, -0.1) is 0 Å². The smallest absolute Gasteiger partial charge is 0.273 e. The number of aromatic nitrogens is 2. The molecule has 1 aromatic heterocycles. The van der Waals surface area contributed by atoms with Crippen molar-refractivity contribution in [1.29, 1.82) is 0 Å². The molecular formula is C16H13ClN4O4S. The van der Waals surface area contributed by atoms with Crippen molar-refractivity contribution in [1.82, 2.24) is 9.78 Å². The summed E-state index contributed by atoms with van der Waals surface area (Å²) in [5.74, 6) is 0. The first-order chi connectivity index (χ1) is 12.3. The second-order valence-corrected chi connectivity index (χ2v) is 7.53. The molecule has 2 aromatic carbocycles. The summed E-state index contributed by atoms with van der Waals surface area (Å²) in [6, 6.07) is 10.7. The molecule has 0 saturated heterocycles. The molecule has 0 radical (unpaired) electrons. The number of hydrogen-bond acceptors (Lipinski definition) is 5. The van der Waals surface area contributed by atoms with Crippen molar-refractivity contribution >= 4 is 33.0 Å². The summed E-state index contributed by atoms with van der Waals surface area (Å²) in [5, 5.41) is 15.6. The molecule has 1 N–H and O–H groups in total. The minimum Gasteiger partial charge on any atom is -0.276 e. The first-order valence-corrected chi connectivity index (χ1v) is 9.21. The number of nitrogens with zero attached hydrogens (tertiary/aromatic N) is 3. The monoisotopic (exact) mass is 392 g/mol. The number of halogens is 1. The average Bonchev–Trinajstić information content (AvgIpc) is 3.02. The van der Waals surface area contributed by atoms with Crippen LogP contribution in [0.2, 0.25) is 5.02 Å². The highest BCUT2D eigenvalue weighted by Gasteiger charge is 2.20. The van der Waals surface area contributed by atoms with Crippen molar-refractivity contribution < 1.29 is 13.3 Å². The highest BCUT2D eigenvalue weighted by Crippen LogP contribution is 2.25. The molecule has 10 heteroatoms. The van der Waals surface area contributed by atoms with Gasteiger partial charge in [-0.2, -0.15) is 5.10 Å². The first kappa shape index (κ1) is 17.9. The van der Waals surface area contributed by atoms with Crippen molar-refractivity contribution in [3.8, 4) is 5.69 Å². The maximum atomic E-state index is 12.5. The van der Waals surface area contributed by atoms with E-state index < -0.39 is 14.9 Å². The normalized spacial score (nSPS) is 11.3. The van der Waals surface area contributed by atoms with Gasteiger partial charge >= 0.3 is 0 Å². The molecule has 0 unspecified atom stereocenters. The molecule has 26 heavy (non-hydrogen) atoms. The Bertz CT molecular complexity index is 1100.